The molecular weight excluding hydrogens is 286 g/mol. The number of likely N-dealkylation sites (N-methyl/N-ethyl adjacent to an activating group) is 1. The highest BCUT2D eigenvalue weighted by Crippen LogP contribution is 2.27. The molecule has 2 rings (SSSR count). The van der Waals surface area contributed by atoms with E-state index >= 15 is 0 Å². The van der Waals surface area contributed by atoms with Crippen molar-refractivity contribution in [3.05, 3.63) is 64.0 Å². The first-order valence-corrected chi connectivity index (χ1v) is 7.21. The topological polar surface area (TPSA) is 48.9 Å². The molecule has 0 aliphatic heterocycles. The van der Waals surface area contributed by atoms with Gasteiger partial charge in [0, 0.05) is 13.1 Å². The van der Waals surface area contributed by atoms with E-state index < -0.39 is 0 Å². The maximum atomic E-state index is 8.96. The molecule has 4 nitrogen and oxygen atoms in total. The second-order valence-electron chi connectivity index (χ2n) is 4.73. The van der Waals surface area contributed by atoms with Crippen molar-refractivity contribution in [1.82, 2.24) is 4.90 Å². The SMILES string of the molecule is CCN(Cc1ccccc1)C1=C(OC)CC(=[N+]=[N-])C(Cl)=C1. The van der Waals surface area contributed by atoms with Crippen LogP contribution in [0.15, 0.2) is 52.9 Å². The smallest absolute Gasteiger partial charge is 0.318 e. The molecule has 0 bridgehead atoms. The molecule has 0 saturated carbocycles. The third-order valence-corrected chi connectivity index (χ3v) is 3.79. The maximum absolute atomic E-state index is 8.96. The van der Waals surface area contributed by atoms with Gasteiger partial charge in [0.2, 0.25) is 0 Å². The number of ether oxygens (including phenoxy) is 1. The van der Waals surface area contributed by atoms with Crippen molar-refractivity contribution in [3.8, 4) is 0 Å². The average Bonchev–Trinajstić information content (AvgIpc) is 2.53. The second-order valence-corrected chi connectivity index (χ2v) is 5.14. The Morgan fingerprint density at radius 1 is 1.33 bits per heavy atom. The molecule has 0 amide bonds. The molecule has 1 aromatic rings. The Morgan fingerprint density at radius 3 is 2.62 bits per heavy atom. The number of hydrogen-bond donors (Lipinski definition) is 0. The first kappa shape index (κ1) is 15.4. The Morgan fingerprint density at radius 2 is 2.05 bits per heavy atom. The Balaban J connectivity index is 2.32. The van der Waals surface area contributed by atoms with E-state index in [2.05, 4.69) is 28.7 Å². The quantitative estimate of drug-likeness (QED) is 0.617. The van der Waals surface area contributed by atoms with Gasteiger partial charge in [0.15, 0.2) is 0 Å². The second kappa shape index (κ2) is 7.11. The fourth-order valence-electron chi connectivity index (χ4n) is 2.31. The third-order valence-electron chi connectivity index (χ3n) is 3.46. The first-order valence-electron chi connectivity index (χ1n) is 6.84. The predicted molar refractivity (Wildman–Crippen MR) is 83.7 cm³/mol. The van der Waals surface area contributed by atoms with E-state index in [1.807, 2.05) is 18.2 Å². The van der Waals surface area contributed by atoms with Crippen LogP contribution in [0.25, 0.3) is 5.53 Å². The Kier molecular flexibility index (Phi) is 5.20. The van der Waals surface area contributed by atoms with Gasteiger partial charge >= 0.3 is 5.71 Å². The molecule has 1 aliphatic carbocycles. The number of halogens is 1. The van der Waals surface area contributed by atoms with E-state index in [0.717, 1.165) is 24.5 Å². The molecule has 0 unspecified atom stereocenters. The van der Waals surface area contributed by atoms with E-state index in [9.17, 15) is 0 Å². The first-order chi connectivity index (χ1) is 10.2. The maximum Gasteiger partial charge on any atom is 0.318 e. The molecule has 0 saturated heterocycles. The largest absolute Gasteiger partial charge is 0.498 e. The Labute approximate surface area is 129 Å². The van der Waals surface area contributed by atoms with Crippen LogP contribution in [0.3, 0.4) is 0 Å². The lowest BCUT2D eigenvalue weighted by Gasteiger charge is -2.27. The lowest BCUT2D eigenvalue weighted by atomic mass is 10.1. The van der Waals surface area contributed by atoms with Gasteiger partial charge in [-0.15, -0.1) is 0 Å². The number of allylic oxidation sites excluding steroid dienone is 3. The van der Waals surface area contributed by atoms with Gasteiger partial charge in [-0.1, -0.05) is 41.9 Å². The van der Waals surface area contributed by atoms with Gasteiger partial charge in [-0.3, -0.25) is 0 Å². The van der Waals surface area contributed by atoms with Crippen LogP contribution in [0.5, 0.6) is 0 Å². The monoisotopic (exact) mass is 303 g/mol. The van der Waals surface area contributed by atoms with Crippen molar-refractivity contribution in [2.75, 3.05) is 13.7 Å². The molecule has 21 heavy (non-hydrogen) atoms. The van der Waals surface area contributed by atoms with E-state index in [-0.39, 0.29) is 0 Å². The van der Waals surface area contributed by atoms with Crippen LogP contribution in [0.2, 0.25) is 0 Å². The number of rotatable bonds is 5. The lowest BCUT2D eigenvalue weighted by Crippen LogP contribution is -2.26. The van der Waals surface area contributed by atoms with Gasteiger partial charge in [-0.2, -0.15) is 4.79 Å². The minimum atomic E-state index is 0.392. The summed E-state index contributed by atoms with van der Waals surface area (Å²) in [7, 11) is 1.62. The molecule has 0 atom stereocenters. The highest BCUT2D eigenvalue weighted by molar-refractivity contribution is 6.43. The van der Waals surface area contributed by atoms with E-state index in [0.29, 0.717) is 17.2 Å². The highest BCUT2D eigenvalue weighted by atomic mass is 35.5. The van der Waals surface area contributed by atoms with Crippen LogP contribution in [-0.4, -0.2) is 29.1 Å². The van der Waals surface area contributed by atoms with Crippen molar-refractivity contribution in [2.45, 2.75) is 19.9 Å². The number of hydrogen-bond acceptors (Lipinski definition) is 2. The molecule has 110 valence electrons. The molecule has 0 N–H and O–H groups in total. The highest BCUT2D eigenvalue weighted by Gasteiger charge is 2.27. The summed E-state index contributed by atoms with van der Waals surface area (Å²) in [5.41, 5.74) is 11.5. The zero-order valence-electron chi connectivity index (χ0n) is 12.2. The summed E-state index contributed by atoms with van der Waals surface area (Å²) in [6, 6.07) is 10.2. The van der Waals surface area contributed by atoms with Crippen molar-refractivity contribution in [2.24, 2.45) is 0 Å². The van der Waals surface area contributed by atoms with Crippen molar-refractivity contribution in [1.29, 1.82) is 0 Å². The predicted octanol–water partition coefficient (Wildman–Crippen LogP) is 3.56. The number of methoxy groups -OCH3 is 1. The van der Waals surface area contributed by atoms with E-state index in [1.54, 1.807) is 13.2 Å². The van der Waals surface area contributed by atoms with Crippen LogP contribution < -0.4 is 0 Å². The van der Waals surface area contributed by atoms with Crippen LogP contribution >= 0.6 is 11.6 Å². The van der Waals surface area contributed by atoms with E-state index in [4.69, 9.17) is 21.9 Å². The van der Waals surface area contributed by atoms with Crippen molar-refractivity contribution < 1.29 is 9.53 Å². The zero-order valence-corrected chi connectivity index (χ0v) is 13.0. The normalized spacial score (nSPS) is 14.6. The van der Waals surface area contributed by atoms with Gasteiger partial charge in [0.1, 0.15) is 17.2 Å². The van der Waals surface area contributed by atoms with Gasteiger partial charge in [0.05, 0.1) is 12.8 Å². The summed E-state index contributed by atoms with van der Waals surface area (Å²) in [6.07, 6.45) is 2.19. The van der Waals surface area contributed by atoms with Crippen LogP contribution in [-0.2, 0) is 11.3 Å². The minimum Gasteiger partial charge on any atom is -0.498 e. The fraction of sp³-hybridized carbons (Fsp3) is 0.312. The summed E-state index contributed by atoms with van der Waals surface area (Å²) in [4.78, 5) is 5.40. The molecule has 0 fully saturated rings. The summed E-state index contributed by atoms with van der Waals surface area (Å²) < 4.78 is 5.45. The molecule has 0 heterocycles. The average molecular weight is 304 g/mol. The number of benzene rings is 1. The molecule has 1 aromatic carbocycles. The molecule has 5 heteroatoms. The lowest BCUT2D eigenvalue weighted by molar-refractivity contribution is -0.00726. The summed E-state index contributed by atoms with van der Waals surface area (Å²) >= 11 is 6.16. The van der Waals surface area contributed by atoms with Gasteiger partial charge < -0.3 is 15.2 Å². The molecule has 0 aromatic heterocycles. The van der Waals surface area contributed by atoms with Crippen LogP contribution in [0, 0.1) is 0 Å². The van der Waals surface area contributed by atoms with Crippen LogP contribution in [0.4, 0.5) is 0 Å². The van der Waals surface area contributed by atoms with E-state index in [1.165, 1.54) is 5.56 Å². The Hall–Kier alpha value is -2.03. The standard InChI is InChI=1S/C16H18ClN3O/c1-3-20(11-12-7-5-4-6-8-12)15-9-13(17)14(19-18)10-16(15)21-2/h4-9H,3,10-11H2,1-2H3. The number of nitrogens with zero attached hydrogens (tertiary/aromatic N) is 3. The van der Waals surface area contributed by atoms with Gasteiger partial charge in [-0.05, 0) is 18.6 Å². The summed E-state index contributed by atoms with van der Waals surface area (Å²) in [6.45, 7) is 3.68. The minimum absolute atomic E-state index is 0.392. The molecular formula is C16H18ClN3O. The fourth-order valence-corrected chi connectivity index (χ4v) is 2.52. The third kappa shape index (κ3) is 3.54. The van der Waals surface area contributed by atoms with Gasteiger partial charge in [0.25, 0.3) is 0 Å². The molecule has 0 radical (unpaired) electrons. The summed E-state index contributed by atoms with van der Waals surface area (Å²) in [5.74, 6) is 0.755. The van der Waals surface area contributed by atoms with Crippen molar-refractivity contribution in [3.63, 3.8) is 0 Å². The summed E-state index contributed by atoms with van der Waals surface area (Å²) in [5, 5.41) is 0.444. The Bertz CT molecular complexity index is 616. The van der Waals surface area contributed by atoms with Crippen molar-refractivity contribution >= 4 is 17.3 Å². The zero-order chi connectivity index (χ0) is 15.2. The van der Waals surface area contributed by atoms with Crippen LogP contribution in [0.1, 0.15) is 18.9 Å². The molecule has 0 spiro atoms. The van der Waals surface area contributed by atoms with Gasteiger partial charge in [-0.25, -0.2) is 0 Å². The molecule has 1 aliphatic rings.